The third-order valence-electron chi connectivity index (χ3n) is 2.99. The highest BCUT2D eigenvalue weighted by Crippen LogP contribution is 2.10. The molecule has 0 spiro atoms. The van der Waals surface area contributed by atoms with Gasteiger partial charge in [0.05, 0.1) is 12.1 Å². The first-order valence-corrected chi connectivity index (χ1v) is 7.68. The van der Waals surface area contributed by atoms with E-state index in [1.165, 1.54) is 0 Å². The molecule has 0 aliphatic heterocycles. The SMILES string of the molecule is [2H]C([2H])([2H])C([2H])(C([2H])([2H])[2H])C([2H])([2H])NC[C@@H](O)[C@H](Cc1ccccc1)NC(=O)OC(C)(C)C. The van der Waals surface area contributed by atoms with Crippen LogP contribution in [-0.2, 0) is 11.2 Å². The number of aliphatic hydroxyl groups is 1. The summed E-state index contributed by atoms with van der Waals surface area (Å²) in [5, 5.41) is 15.3. The largest absolute Gasteiger partial charge is 0.444 e. The molecular formula is C19H32N2O3. The molecule has 5 heteroatoms. The summed E-state index contributed by atoms with van der Waals surface area (Å²) in [7, 11) is 0. The van der Waals surface area contributed by atoms with Gasteiger partial charge in [0, 0.05) is 18.9 Å². The molecule has 0 aliphatic carbocycles. The number of amides is 1. The molecule has 0 saturated carbocycles. The number of aliphatic hydroxyl groups excluding tert-OH is 1. The Morgan fingerprint density at radius 3 is 2.62 bits per heavy atom. The Balaban J connectivity index is 3.10. The standard InChI is InChI=1S/C19H32N2O3/c1-14(2)12-20-13-17(22)16(11-15-9-7-6-8-10-15)21-18(23)24-19(3,4)5/h6-10,14,16-17,20,22H,11-13H2,1-5H3,(H,21,23)/t16-,17+/m0/s1/i1D3,2D3,12D2,14D. The summed E-state index contributed by atoms with van der Waals surface area (Å²) in [5.41, 5.74) is -0.0766. The molecule has 0 bridgehead atoms. The lowest BCUT2D eigenvalue weighted by Gasteiger charge is -2.27. The number of hydrogen-bond donors (Lipinski definition) is 3. The minimum absolute atomic E-state index is 0.122. The van der Waals surface area contributed by atoms with E-state index in [4.69, 9.17) is 17.1 Å². The maximum Gasteiger partial charge on any atom is 0.407 e. The van der Waals surface area contributed by atoms with Crippen molar-refractivity contribution in [2.45, 2.75) is 58.6 Å². The summed E-state index contributed by atoms with van der Waals surface area (Å²) in [5.74, 6) is -3.51. The smallest absolute Gasteiger partial charge is 0.407 e. The lowest BCUT2D eigenvalue weighted by atomic mass is 10.0. The molecular weight excluding hydrogens is 304 g/mol. The summed E-state index contributed by atoms with van der Waals surface area (Å²) in [6.45, 7) is -5.93. The van der Waals surface area contributed by atoms with E-state index in [9.17, 15) is 9.90 Å². The zero-order chi connectivity index (χ0) is 25.9. The van der Waals surface area contributed by atoms with E-state index in [0.29, 0.717) is 0 Å². The van der Waals surface area contributed by atoms with Gasteiger partial charge in [-0.1, -0.05) is 44.0 Å². The van der Waals surface area contributed by atoms with Gasteiger partial charge in [-0.05, 0) is 45.1 Å². The summed E-state index contributed by atoms with van der Waals surface area (Å²) in [4.78, 5) is 12.3. The highest BCUT2D eigenvalue weighted by Gasteiger charge is 2.24. The van der Waals surface area contributed by atoms with Crippen molar-refractivity contribution in [3.8, 4) is 0 Å². The molecule has 0 unspecified atom stereocenters. The molecule has 0 radical (unpaired) electrons. The van der Waals surface area contributed by atoms with Gasteiger partial charge in [-0.3, -0.25) is 0 Å². The van der Waals surface area contributed by atoms with Gasteiger partial charge >= 0.3 is 6.09 Å². The molecule has 0 heterocycles. The average molecular weight is 346 g/mol. The Labute approximate surface area is 158 Å². The number of nitrogens with one attached hydrogen (secondary N) is 2. The molecule has 0 saturated heterocycles. The lowest BCUT2D eigenvalue weighted by molar-refractivity contribution is 0.0422. The Bertz CT molecular complexity index is 763. The third kappa shape index (κ3) is 8.89. The van der Waals surface area contributed by atoms with Crippen molar-refractivity contribution in [1.29, 1.82) is 0 Å². The quantitative estimate of drug-likeness (QED) is 0.677. The van der Waals surface area contributed by atoms with Crippen LogP contribution in [0.1, 0.15) is 52.4 Å². The van der Waals surface area contributed by atoms with Crippen LogP contribution < -0.4 is 10.6 Å². The Morgan fingerprint density at radius 1 is 1.38 bits per heavy atom. The van der Waals surface area contributed by atoms with Crippen molar-refractivity contribution in [1.82, 2.24) is 10.6 Å². The number of alkyl carbamates (subject to hydrolysis) is 1. The molecule has 0 fully saturated rings. The molecule has 1 aromatic carbocycles. The molecule has 3 N–H and O–H groups in total. The molecule has 1 aromatic rings. The van der Waals surface area contributed by atoms with Crippen LogP contribution in [-0.4, -0.2) is 42.0 Å². The molecule has 0 aliphatic rings. The fraction of sp³-hybridized carbons (Fsp3) is 0.632. The second-order valence-electron chi connectivity index (χ2n) is 6.39. The zero-order valence-corrected chi connectivity index (χ0v) is 14.2. The highest BCUT2D eigenvalue weighted by molar-refractivity contribution is 5.68. The Kier molecular flexibility index (Phi) is 4.18. The minimum Gasteiger partial charge on any atom is -0.444 e. The summed E-state index contributed by atoms with van der Waals surface area (Å²) in [6, 6.07) is 7.80. The van der Waals surface area contributed by atoms with Crippen LogP contribution in [0.2, 0.25) is 0 Å². The fourth-order valence-corrected chi connectivity index (χ4v) is 2.00. The van der Waals surface area contributed by atoms with E-state index >= 15 is 0 Å². The Morgan fingerprint density at radius 2 is 2.04 bits per heavy atom. The lowest BCUT2D eigenvalue weighted by Crippen LogP contribution is -2.50. The molecule has 2 atom stereocenters. The third-order valence-corrected chi connectivity index (χ3v) is 2.99. The van der Waals surface area contributed by atoms with Crippen molar-refractivity contribution in [3.63, 3.8) is 0 Å². The molecule has 5 nitrogen and oxygen atoms in total. The number of hydrogen-bond acceptors (Lipinski definition) is 4. The van der Waals surface area contributed by atoms with Crippen LogP contribution >= 0.6 is 0 Å². The second-order valence-corrected chi connectivity index (χ2v) is 6.39. The number of carbonyl (C=O) groups is 1. The normalized spacial score (nSPS) is 21.9. The highest BCUT2D eigenvalue weighted by atomic mass is 16.6. The fourth-order valence-electron chi connectivity index (χ4n) is 2.00. The number of rotatable bonds is 8. The first-order valence-electron chi connectivity index (χ1n) is 12.2. The van der Waals surface area contributed by atoms with Crippen molar-refractivity contribution in [2.75, 3.05) is 13.0 Å². The summed E-state index contributed by atoms with van der Waals surface area (Å²) >= 11 is 0. The van der Waals surface area contributed by atoms with E-state index in [1.807, 2.05) is 0 Å². The minimum atomic E-state index is -3.51. The number of ether oxygens (including phenoxy) is 1. The van der Waals surface area contributed by atoms with Crippen LogP contribution in [0.5, 0.6) is 0 Å². The molecule has 1 rings (SSSR count). The predicted octanol–water partition coefficient (Wildman–Crippen LogP) is 2.73. The van der Waals surface area contributed by atoms with Crippen LogP contribution in [0.25, 0.3) is 0 Å². The summed E-state index contributed by atoms with van der Waals surface area (Å²) in [6.07, 6.45) is -2.19. The van der Waals surface area contributed by atoms with E-state index in [0.717, 1.165) is 5.56 Å². The first-order chi connectivity index (χ1) is 14.7. The monoisotopic (exact) mass is 345 g/mol. The van der Waals surface area contributed by atoms with Gasteiger partial charge in [0.1, 0.15) is 5.60 Å². The van der Waals surface area contributed by atoms with Crippen molar-refractivity contribution in [3.05, 3.63) is 35.9 Å². The van der Waals surface area contributed by atoms with E-state index in [1.54, 1.807) is 51.1 Å². The first kappa shape index (κ1) is 10.4. The van der Waals surface area contributed by atoms with Gasteiger partial charge in [0.25, 0.3) is 0 Å². The van der Waals surface area contributed by atoms with Gasteiger partial charge in [-0.25, -0.2) is 4.79 Å². The number of benzene rings is 1. The molecule has 136 valence electrons. The van der Waals surface area contributed by atoms with E-state index < -0.39 is 56.5 Å². The Hall–Kier alpha value is -1.59. The van der Waals surface area contributed by atoms with E-state index in [-0.39, 0.29) is 6.42 Å². The van der Waals surface area contributed by atoms with Crippen LogP contribution in [0, 0.1) is 5.89 Å². The second kappa shape index (κ2) is 9.64. The van der Waals surface area contributed by atoms with Gasteiger partial charge in [0.15, 0.2) is 0 Å². The zero-order valence-electron chi connectivity index (χ0n) is 23.2. The number of carbonyl (C=O) groups excluding carboxylic acids is 1. The van der Waals surface area contributed by atoms with Crippen molar-refractivity contribution >= 4 is 6.09 Å². The van der Waals surface area contributed by atoms with E-state index in [2.05, 4.69) is 10.6 Å². The summed E-state index contributed by atoms with van der Waals surface area (Å²) < 4.78 is 74.1. The van der Waals surface area contributed by atoms with Gasteiger partial charge in [0.2, 0.25) is 0 Å². The average Bonchev–Trinajstić information content (AvgIpc) is 2.62. The van der Waals surface area contributed by atoms with Crippen LogP contribution in [0.4, 0.5) is 4.79 Å². The van der Waals surface area contributed by atoms with Crippen LogP contribution in [0.15, 0.2) is 30.3 Å². The maximum absolute atomic E-state index is 12.3. The molecule has 1 amide bonds. The van der Waals surface area contributed by atoms with Gasteiger partial charge in [-0.2, -0.15) is 0 Å². The van der Waals surface area contributed by atoms with Crippen LogP contribution in [0.3, 0.4) is 0 Å². The molecule has 24 heavy (non-hydrogen) atoms. The maximum atomic E-state index is 12.3. The topological polar surface area (TPSA) is 70.6 Å². The van der Waals surface area contributed by atoms with Gasteiger partial charge < -0.3 is 20.5 Å². The van der Waals surface area contributed by atoms with Crippen molar-refractivity contribution in [2.24, 2.45) is 5.89 Å². The molecule has 0 aromatic heterocycles. The van der Waals surface area contributed by atoms with Gasteiger partial charge in [-0.15, -0.1) is 0 Å². The predicted molar refractivity (Wildman–Crippen MR) is 97.0 cm³/mol. The van der Waals surface area contributed by atoms with Crippen molar-refractivity contribution < 1.29 is 27.0 Å².